The molecule has 10 nitrogen and oxygen atoms in total. The average Bonchev–Trinajstić information content (AvgIpc) is 2.87. The number of hydrogen-bond donors (Lipinski definition) is 2. The topological polar surface area (TPSA) is 137 Å². The number of ketones is 1. The number of esters is 2. The maximum Gasteiger partial charge on any atom is 0.408 e. The van der Waals surface area contributed by atoms with Crippen LogP contribution in [0.5, 0.6) is 0 Å². The van der Waals surface area contributed by atoms with Gasteiger partial charge in [0.1, 0.15) is 23.9 Å². The number of hydrogen-bond acceptors (Lipinski definition) is 8. The van der Waals surface area contributed by atoms with E-state index in [-0.39, 0.29) is 31.7 Å². The Morgan fingerprint density at radius 2 is 1.35 bits per heavy atom. The lowest BCUT2D eigenvalue weighted by Gasteiger charge is -2.25. The summed E-state index contributed by atoms with van der Waals surface area (Å²) in [6.45, 7) is 12.1. The van der Waals surface area contributed by atoms with Gasteiger partial charge in [-0.2, -0.15) is 0 Å². The number of aryl methyl sites for hydroxylation is 1. The van der Waals surface area contributed by atoms with E-state index < -0.39 is 53.6 Å². The van der Waals surface area contributed by atoms with Gasteiger partial charge in [-0.05, 0) is 66.0 Å². The molecule has 2 aromatic rings. The van der Waals surface area contributed by atoms with Gasteiger partial charge < -0.3 is 24.8 Å². The molecule has 0 bridgehead atoms. The van der Waals surface area contributed by atoms with E-state index in [4.69, 9.17) is 14.2 Å². The predicted molar refractivity (Wildman–Crippen MR) is 161 cm³/mol. The molecule has 0 saturated carbocycles. The zero-order valence-corrected chi connectivity index (χ0v) is 26.2. The van der Waals surface area contributed by atoms with Crippen LogP contribution in [0.1, 0.15) is 77.5 Å². The van der Waals surface area contributed by atoms with Crippen LogP contribution in [0, 0.1) is 6.92 Å². The summed E-state index contributed by atoms with van der Waals surface area (Å²) in [6, 6.07) is 13.8. The summed E-state index contributed by atoms with van der Waals surface area (Å²) in [7, 11) is 0. The van der Waals surface area contributed by atoms with Gasteiger partial charge in [-0.1, -0.05) is 60.2 Å². The van der Waals surface area contributed by atoms with E-state index >= 15 is 0 Å². The van der Waals surface area contributed by atoms with Crippen molar-refractivity contribution < 1.29 is 38.2 Å². The van der Waals surface area contributed by atoms with E-state index in [1.54, 1.807) is 71.9 Å². The quantitative estimate of drug-likeness (QED) is 0.250. The molecule has 0 aliphatic heterocycles. The van der Waals surface area contributed by atoms with Crippen molar-refractivity contribution in [1.82, 2.24) is 10.6 Å². The summed E-state index contributed by atoms with van der Waals surface area (Å²) in [5.41, 5.74) is 0.898. The van der Waals surface area contributed by atoms with E-state index in [0.717, 1.165) is 16.7 Å². The van der Waals surface area contributed by atoms with E-state index in [0.29, 0.717) is 0 Å². The highest BCUT2D eigenvalue weighted by Gasteiger charge is 2.31. The number of amides is 2. The van der Waals surface area contributed by atoms with E-state index in [2.05, 4.69) is 10.6 Å². The minimum absolute atomic E-state index is 0.00419. The largest absolute Gasteiger partial charge is 0.460 e. The molecule has 0 aliphatic rings. The molecule has 0 aliphatic carbocycles. The Balaban J connectivity index is 2.22. The summed E-state index contributed by atoms with van der Waals surface area (Å²) in [6.07, 6.45) is -1.60. The Morgan fingerprint density at radius 1 is 0.744 bits per heavy atom. The van der Waals surface area contributed by atoms with Crippen molar-refractivity contribution in [3.8, 4) is 0 Å². The van der Waals surface area contributed by atoms with Crippen molar-refractivity contribution in [3.05, 3.63) is 71.3 Å². The minimum Gasteiger partial charge on any atom is -0.460 e. The van der Waals surface area contributed by atoms with Gasteiger partial charge in [0.15, 0.2) is 5.78 Å². The van der Waals surface area contributed by atoms with Gasteiger partial charge in [-0.25, -0.2) is 4.79 Å². The molecule has 0 aromatic heterocycles. The number of carbonyl (C=O) groups excluding carboxylic acids is 5. The fourth-order valence-electron chi connectivity index (χ4n) is 4.05. The number of rotatable bonds is 13. The highest BCUT2D eigenvalue weighted by atomic mass is 16.6. The van der Waals surface area contributed by atoms with Crippen molar-refractivity contribution >= 4 is 29.7 Å². The zero-order chi connectivity index (χ0) is 32.2. The predicted octanol–water partition coefficient (Wildman–Crippen LogP) is 4.74. The molecule has 0 heterocycles. The number of ether oxygens (including phenoxy) is 3. The van der Waals surface area contributed by atoms with Crippen molar-refractivity contribution in [2.75, 3.05) is 0 Å². The molecule has 0 saturated heterocycles. The number of benzene rings is 2. The maximum atomic E-state index is 13.5. The van der Waals surface area contributed by atoms with Crippen LogP contribution in [0.15, 0.2) is 54.6 Å². The first-order valence-corrected chi connectivity index (χ1v) is 14.3. The molecule has 10 heteroatoms. The lowest BCUT2D eigenvalue weighted by molar-refractivity contribution is -0.156. The Bertz CT molecular complexity index is 1260. The molecular formula is C33H44N2O8. The maximum absolute atomic E-state index is 13.5. The monoisotopic (exact) mass is 596 g/mol. The van der Waals surface area contributed by atoms with E-state index in [1.807, 2.05) is 31.2 Å². The average molecular weight is 597 g/mol. The summed E-state index contributed by atoms with van der Waals surface area (Å²) in [5, 5.41) is 5.07. The molecule has 2 aromatic carbocycles. The van der Waals surface area contributed by atoms with Crippen LogP contribution >= 0.6 is 0 Å². The van der Waals surface area contributed by atoms with Crippen LogP contribution < -0.4 is 10.6 Å². The van der Waals surface area contributed by atoms with Crippen LogP contribution in [0.4, 0.5) is 4.79 Å². The Hall–Kier alpha value is -4.21. The van der Waals surface area contributed by atoms with Gasteiger partial charge in [-0.15, -0.1) is 0 Å². The van der Waals surface area contributed by atoms with Gasteiger partial charge in [0.05, 0.1) is 12.5 Å². The number of carbonyl (C=O) groups is 5. The standard InChI is InChI=1S/C33H44N2O8/c1-22-12-11-15-24(18-22)19-27(36)25(16-17-28(37)42-32(2,3)4)34-30(39)26(20-29(38)43-33(5,6)7)35-31(40)41-21-23-13-9-8-10-14-23/h8-15,18,25-26H,16-17,19-21H2,1-7H3,(H,34,39)(H,35,40)/t25?,26-/m0/s1. The lowest BCUT2D eigenvalue weighted by Crippen LogP contribution is -2.53. The van der Waals surface area contributed by atoms with Crippen molar-refractivity contribution in [1.29, 1.82) is 0 Å². The normalized spacial score (nSPS) is 12.8. The second-order valence-electron chi connectivity index (χ2n) is 12.4. The zero-order valence-electron chi connectivity index (χ0n) is 26.2. The third-order valence-electron chi connectivity index (χ3n) is 5.84. The second-order valence-corrected chi connectivity index (χ2v) is 12.4. The van der Waals surface area contributed by atoms with Crippen LogP contribution in [-0.4, -0.2) is 53.0 Å². The number of nitrogens with one attached hydrogen (secondary N) is 2. The summed E-state index contributed by atoms with van der Waals surface area (Å²) in [4.78, 5) is 64.6. The molecule has 43 heavy (non-hydrogen) atoms. The van der Waals surface area contributed by atoms with Crippen LogP contribution in [0.2, 0.25) is 0 Å². The smallest absolute Gasteiger partial charge is 0.408 e. The molecule has 0 fully saturated rings. The molecule has 0 radical (unpaired) electrons. The van der Waals surface area contributed by atoms with E-state index in [9.17, 15) is 24.0 Å². The second kappa shape index (κ2) is 15.9. The number of alkyl carbamates (subject to hydrolysis) is 1. The lowest BCUT2D eigenvalue weighted by atomic mass is 9.98. The molecule has 234 valence electrons. The molecular weight excluding hydrogens is 552 g/mol. The molecule has 2 amide bonds. The highest BCUT2D eigenvalue weighted by Crippen LogP contribution is 2.14. The summed E-state index contributed by atoms with van der Waals surface area (Å²) in [5.74, 6) is -2.39. The molecule has 2 N–H and O–H groups in total. The summed E-state index contributed by atoms with van der Waals surface area (Å²) >= 11 is 0. The Morgan fingerprint density at radius 3 is 1.95 bits per heavy atom. The highest BCUT2D eigenvalue weighted by molar-refractivity contribution is 5.95. The van der Waals surface area contributed by atoms with Crippen molar-refractivity contribution in [2.24, 2.45) is 0 Å². The third-order valence-corrected chi connectivity index (χ3v) is 5.84. The number of Topliss-reactive ketones (excluding diaryl/α,β-unsaturated/α-hetero) is 1. The van der Waals surface area contributed by atoms with Gasteiger partial charge in [-0.3, -0.25) is 19.2 Å². The molecule has 2 atom stereocenters. The van der Waals surface area contributed by atoms with Crippen LogP contribution in [0.3, 0.4) is 0 Å². The minimum atomic E-state index is -1.41. The molecule has 1 unspecified atom stereocenters. The van der Waals surface area contributed by atoms with Crippen molar-refractivity contribution in [2.45, 2.75) is 104 Å². The van der Waals surface area contributed by atoms with Crippen molar-refractivity contribution in [3.63, 3.8) is 0 Å². The first-order chi connectivity index (χ1) is 20.0. The van der Waals surface area contributed by atoms with Crippen LogP contribution in [-0.2, 0) is 46.4 Å². The first kappa shape index (κ1) is 35.0. The SMILES string of the molecule is Cc1cccc(CC(=O)C(CCC(=O)OC(C)(C)C)NC(=O)[C@H](CC(=O)OC(C)(C)C)NC(=O)OCc2ccccc2)c1. The Labute approximate surface area is 253 Å². The summed E-state index contributed by atoms with van der Waals surface area (Å²) < 4.78 is 16.0. The van der Waals surface area contributed by atoms with Crippen LogP contribution in [0.25, 0.3) is 0 Å². The Kier molecular flexibility index (Phi) is 12.9. The molecule has 0 spiro atoms. The van der Waals surface area contributed by atoms with Gasteiger partial charge in [0, 0.05) is 12.8 Å². The fourth-order valence-corrected chi connectivity index (χ4v) is 4.05. The third kappa shape index (κ3) is 14.5. The first-order valence-electron chi connectivity index (χ1n) is 14.3. The van der Waals surface area contributed by atoms with Gasteiger partial charge in [0.2, 0.25) is 5.91 Å². The van der Waals surface area contributed by atoms with Gasteiger partial charge >= 0.3 is 18.0 Å². The fraction of sp³-hybridized carbons (Fsp3) is 0.485. The van der Waals surface area contributed by atoms with Gasteiger partial charge in [0.25, 0.3) is 0 Å². The molecule has 2 rings (SSSR count). The van der Waals surface area contributed by atoms with E-state index in [1.165, 1.54) is 0 Å².